The number of piperidine rings is 1. The summed E-state index contributed by atoms with van der Waals surface area (Å²) in [5, 5.41) is 9.80. The molecular weight excluding hydrogens is 471 g/mol. The van der Waals surface area contributed by atoms with Gasteiger partial charge in [0, 0.05) is 40.3 Å². The molecule has 2 N–H and O–H groups in total. The number of nitrogens with one attached hydrogen (secondary N) is 2. The maximum absolute atomic E-state index is 12.7. The number of aromatic nitrogens is 2. The Balaban J connectivity index is 1.27. The quantitative estimate of drug-likeness (QED) is 0.549. The van der Waals surface area contributed by atoms with Crippen LogP contribution in [0.2, 0.25) is 10.0 Å². The van der Waals surface area contributed by atoms with Crippen molar-refractivity contribution in [1.29, 1.82) is 0 Å². The van der Waals surface area contributed by atoms with E-state index in [1.807, 2.05) is 0 Å². The van der Waals surface area contributed by atoms with Crippen molar-refractivity contribution in [3.05, 3.63) is 68.6 Å². The Morgan fingerprint density at radius 3 is 2.55 bits per heavy atom. The smallest absolute Gasteiger partial charge is 0.434 e. The topological polar surface area (TPSA) is 118 Å². The number of nitrogens with zero attached hydrogens (tertiary/aromatic N) is 2. The number of ether oxygens (including phenoxy) is 1. The Kier molecular flexibility index (Phi) is 7.00. The number of halogens is 2. The van der Waals surface area contributed by atoms with E-state index in [2.05, 4.69) is 15.5 Å². The predicted molar refractivity (Wildman–Crippen MR) is 122 cm³/mol. The SMILES string of the molecule is O=C(Nc1cccc(-c2n[nH]c(=O)o2)c1)C1CCN(C(=O)OCc2cc(Cl)cc(Cl)c2)CC1. The van der Waals surface area contributed by atoms with E-state index in [0.29, 0.717) is 52.8 Å². The predicted octanol–water partition coefficient (Wildman–Crippen LogP) is 4.32. The number of benzene rings is 2. The molecule has 0 spiro atoms. The highest BCUT2D eigenvalue weighted by atomic mass is 35.5. The molecule has 1 fully saturated rings. The normalized spacial score (nSPS) is 14.2. The van der Waals surface area contributed by atoms with Crippen molar-refractivity contribution in [2.45, 2.75) is 19.4 Å². The first-order chi connectivity index (χ1) is 15.9. The second-order valence-electron chi connectivity index (χ2n) is 7.58. The number of hydrogen-bond donors (Lipinski definition) is 2. The monoisotopic (exact) mass is 490 g/mol. The third-order valence-corrected chi connectivity index (χ3v) is 5.66. The second kappa shape index (κ2) is 10.1. The van der Waals surface area contributed by atoms with Gasteiger partial charge in [0.2, 0.25) is 11.8 Å². The minimum Gasteiger partial charge on any atom is -0.445 e. The number of H-pyrrole nitrogens is 1. The van der Waals surface area contributed by atoms with Crippen LogP contribution < -0.4 is 11.1 Å². The molecule has 1 aliphatic heterocycles. The maximum atomic E-state index is 12.7. The van der Waals surface area contributed by atoms with Crippen LogP contribution in [0.1, 0.15) is 18.4 Å². The highest BCUT2D eigenvalue weighted by molar-refractivity contribution is 6.34. The van der Waals surface area contributed by atoms with Crippen molar-refractivity contribution >= 4 is 40.9 Å². The Labute approximate surface area is 198 Å². The summed E-state index contributed by atoms with van der Waals surface area (Å²) >= 11 is 11.9. The summed E-state index contributed by atoms with van der Waals surface area (Å²) in [6.45, 7) is 0.878. The van der Waals surface area contributed by atoms with E-state index < -0.39 is 11.8 Å². The molecule has 0 aliphatic carbocycles. The van der Waals surface area contributed by atoms with E-state index >= 15 is 0 Å². The minimum atomic E-state index is -0.652. The van der Waals surface area contributed by atoms with E-state index in [1.165, 1.54) is 0 Å². The molecule has 172 valence electrons. The van der Waals surface area contributed by atoms with Gasteiger partial charge in [-0.05, 0) is 54.8 Å². The molecule has 2 heterocycles. The van der Waals surface area contributed by atoms with E-state index in [4.69, 9.17) is 32.4 Å². The van der Waals surface area contributed by atoms with Crippen LogP contribution >= 0.6 is 23.2 Å². The fourth-order valence-electron chi connectivity index (χ4n) is 3.58. The van der Waals surface area contributed by atoms with E-state index in [9.17, 15) is 14.4 Å². The van der Waals surface area contributed by atoms with Crippen LogP contribution in [0.15, 0.2) is 51.7 Å². The van der Waals surface area contributed by atoms with Gasteiger partial charge in [-0.2, -0.15) is 0 Å². The van der Waals surface area contributed by atoms with Gasteiger partial charge in [0.25, 0.3) is 0 Å². The van der Waals surface area contributed by atoms with Crippen LogP contribution in [-0.4, -0.2) is 40.2 Å². The Morgan fingerprint density at radius 1 is 1.15 bits per heavy atom. The fraction of sp³-hybridized carbons (Fsp3) is 0.273. The zero-order valence-electron chi connectivity index (χ0n) is 17.3. The summed E-state index contributed by atoms with van der Waals surface area (Å²) in [6.07, 6.45) is 0.577. The first-order valence-electron chi connectivity index (χ1n) is 10.2. The van der Waals surface area contributed by atoms with Crippen molar-refractivity contribution < 1.29 is 18.7 Å². The minimum absolute atomic E-state index is 0.0615. The largest absolute Gasteiger partial charge is 0.445 e. The third kappa shape index (κ3) is 5.94. The number of rotatable bonds is 5. The van der Waals surface area contributed by atoms with Gasteiger partial charge in [0.1, 0.15) is 6.61 Å². The molecule has 0 atom stereocenters. The Bertz CT molecular complexity index is 1200. The zero-order valence-corrected chi connectivity index (χ0v) is 18.9. The zero-order chi connectivity index (χ0) is 23.4. The molecule has 3 aromatic rings. The van der Waals surface area contributed by atoms with Crippen LogP contribution in [0.3, 0.4) is 0 Å². The molecule has 1 aliphatic rings. The number of carbonyl (C=O) groups is 2. The van der Waals surface area contributed by atoms with Gasteiger partial charge in [-0.25, -0.2) is 14.7 Å². The summed E-state index contributed by atoms with van der Waals surface area (Å²) in [4.78, 5) is 37.8. The van der Waals surface area contributed by atoms with Gasteiger partial charge >= 0.3 is 11.8 Å². The molecule has 4 rings (SSSR count). The van der Waals surface area contributed by atoms with Crippen molar-refractivity contribution in [2.24, 2.45) is 5.92 Å². The fourth-order valence-corrected chi connectivity index (χ4v) is 4.15. The number of anilines is 1. The highest BCUT2D eigenvalue weighted by Gasteiger charge is 2.28. The van der Waals surface area contributed by atoms with Gasteiger partial charge in [0.15, 0.2) is 0 Å². The lowest BCUT2D eigenvalue weighted by Gasteiger charge is -2.30. The lowest BCUT2D eigenvalue weighted by molar-refractivity contribution is -0.121. The summed E-state index contributed by atoms with van der Waals surface area (Å²) < 4.78 is 10.3. The van der Waals surface area contributed by atoms with Gasteiger partial charge in [-0.1, -0.05) is 29.3 Å². The summed E-state index contributed by atoms with van der Waals surface area (Å²) in [6, 6.07) is 11.8. The average Bonchev–Trinajstić information content (AvgIpc) is 3.23. The van der Waals surface area contributed by atoms with Gasteiger partial charge in [-0.3, -0.25) is 4.79 Å². The number of carbonyl (C=O) groups excluding carboxylic acids is 2. The van der Waals surface area contributed by atoms with Gasteiger partial charge in [-0.15, -0.1) is 5.10 Å². The molecule has 0 bridgehead atoms. The molecular formula is C22H20Cl2N4O5. The van der Waals surface area contributed by atoms with E-state index in [-0.39, 0.29) is 24.3 Å². The summed E-state index contributed by atoms with van der Waals surface area (Å²) in [5.74, 6) is -0.894. The number of likely N-dealkylation sites (tertiary alicyclic amines) is 1. The second-order valence-corrected chi connectivity index (χ2v) is 8.45. The first kappa shape index (κ1) is 22.9. The Hall–Kier alpha value is -3.30. The molecule has 2 amide bonds. The molecule has 33 heavy (non-hydrogen) atoms. The van der Waals surface area contributed by atoms with Crippen molar-refractivity contribution in [2.75, 3.05) is 18.4 Å². The molecule has 0 unspecified atom stereocenters. The molecule has 1 saturated heterocycles. The molecule has 2 aromatic carbocycles. The number of aromatic amines is 1. The number of amides is 2. The lowest BCUT2D eigenvalue weighted by atomic mass is 9.96. The molecule has 0 saturated carbocycles. The number of hydrogen-bond acceptors (Lipinski definition) is 6. The maximum Gasteiger partial charge on any atom is 0.434 e. The third-order valence-electron chi connectivity index (χ3n) is 5.22. The van der Waals surface area contributed by atoms with Crippen LogP contribution in [0.4, 0.5) is 10.5 Å². The van der Waals surface area contributed by atoms with Gasteiger partial charge in [0.05, 0.1) is 0 Å². The van der Waals surface area contributed by atoms with Crippen LogP contribution in [-0.2, 0) is 16.1 Å². The van der Waals surface area contributed by atoms with Crippen LogP contribution in [0.5, 0.6) is 0 Å². The molecule has 1 aromatic heterocycles. The first-order valence-corrected chi connectivity index (χ1v) is 11.0. The Morgan fingerprint density at radius 2 is 1.88 bits per heavy atom. The van der Waals surface area contributed by atoms with Crippen LogP contribution in [0, 0.1) is 5.92 Å². The van der Waals surface area contributed by atoms with Crippen LogP contribution in [0.25, 0.3) is 11.5 Å². The van der Waals surface area contributed by atoms with Crippen molar-refractivity contribution in [3.8, 4) is 11.5 Å². The van der Waals surface area contributed by atoms with Crippen molar-refractivity contribution in [1.82, 2.24) is 15.1 Å². The average molecular weight is 491 g/mol. The lowest BCUT2D eigenvalue weighted by Crippen LogP contribution is -2.41. The van der Waals surface area contributed by atoms with Crippen molar-refractivity contribution in [3.63, 3.8) is 0 Å². The van der Waals surface area contributed by atoms with E-state index in [1.54, 1.807) is 47.4 Å². The van der Waals surface area contributed by atoms with Gasteiger partial charge < -0.3 is 19.4 Å². The molecule has 11 heteroatoms. The molecule has 9 nitrogen and oxygen atoms in total. The summed E-state index contributed by atoms with van der Waals surface area (Å²) in [7, 11) is 0. The highest BCUT2D eigenvalue weighted by Crippen LogP contribution is 2.24. The summed E-state index contributed by atoms with van der Waals surface area (Å²) in [5.41, 5.74) is 1.82. The standard InChI is InChI=1S/C22H20Cl2N4O5/c23-16-8-13(9-17(24)11-16)12-32-22(31)28-6-4-14(5-7-28)19(29)25-18-3-1-2-15(10-18)20-26-27-21(30)33-20/h1-3,8-11,14H,4-7,12H2,(H,25,29)(H,27,30). The van der Waals surface area contributed by atoms with E-state index in [0.717, 1.165) is 0 Å². The molecule has 0 radical (unpaired) electrons.